The summed E-state index contributed by atoms with van der Waals surface area (Å²) in [7, 11) is 3.83. The Morgan fingerprint density at radius 3 is 0.667 bits per heavy atom. The Morgan fingerprint density at radius 1 is 0.667 bits per heavy atom. The van der Waals surface area contributed by atoms with Crippen molar-refractivity contribution in [1.29, 1.82) is 0 Å². The predicted octanol–water partition coefficient (Wildman–Crippen LogP) is -1.000. The van der Waals surface area contributed by atoms with Gasteiger partial charge in [0, 0.05) is 0 Å². The minimum absolute atomic E-state index is 0. The van der Waals surface area contributed by atoms with E-state index in [0.29, 0.717) is 0 Å². The summed E-state index contributed by atoms with van der Waals surface area (Å²) in [5.74, 6) is 0. The summed E-state index contributed by atoms with van der Waals surface area (Å²) in [4.78, 5) is 0. The Kier molecular flexibility index (Phi) is 2000. The summed E-state index contributed by atoms with van der Waals surface area (Å²) in [5, 5.41) is 0. The summed E-state index contributed by atoms with van der Waals surface area (Å²) >= 11 is 2.83. The number of hydrogen-bond acceptors (Lipinski definition) is 6. The summed E-state index contributed by atoms with van der Waals surface area (Å²) in [5.41, 5.74) is 0. The third-order valence-electron chi connectivity index (χ3n) is 0. The third kappa shape index (κ3) is 132. The Balaban J connectivity index is -0.000000000238. The van der Waals surface area contributed by atoms with Gasteiger partial charge >= 0.3 is 80.0 Å². The van der Waals surface area contributed by atoms with Crippen molar-refractivity contribution in [2.75, 3.05) is 0 Å². The van der Waals surface area contributed by atoms with E-state index in [4.69, 9.17) is 0 Å². The molecule has 0 aromatic rings. The molecule has 5 nitrogen and oxygen atoms in total. The van der Waals surface area contributed by atoms with Crippen LogP contribution in [0.3, 0.4) is 0 Å². The zero-order valence-electron chi connectivity index (χ0n) is 4.28. The van der Waals surface area contributed by atoms with Crippen LogP contribution in [-0.4, -0.2) is 82.5 Å². The van der Waals surface area contributed by atoms with E-state index in [9.17, 15) is 0 Å². The molecule has 0 atom stereocenters. The molecule has 54 valence electrons. The molecular formula is H5AlCaFeO5S. The van der Waals surface area contributed by atoms with E-state index in [0.717, 1.165) is 0 Å². The van der Waals surface area contributed by atoms with Crippen LogP contribution in [-0.2, 0) is 14.4 Å². The first-order valence-electron chi connectivity index (χ1n) is 0.144. The molecule has 0 unspecified atom stereocenters. The summed E-state index contributed by atoms with van der Waals surface area (Å²) in [6.45, 7) is 0. The molecule has 9 heteroatoms. The van der Waals surface area contributed by atoms with Gasteiger partial charge in [0.05, 0.1) is 0 Å². The van der Waals surface area contributed by atoms with Gasteiger partial charge in [0.25, 0.3) is 0 Å². The van der Waals surface area contributed by atoms with E-state index >= 15 is 0 Å². The molecule has 0 bridgehead atoms. The molecule has 0 aliphatic rings. The maximum atomic E-state index is 3.83. The molecule has 5 N–H and O–H groups in total. The van der Waals surface area contributed by atoms with Crippen LogP contribution in [0, 0.1) is 0 Å². The van der Waals surface area contributed by atoms with Crippen molar-refractivity contribution >= 4 is 65.7 Å². The van der Waals surface area contributed by atoms with E-state index in [1.54, 1.807) is 0 Å². The molecule has 0 aliphatic carbocycles. The molecule has 0 spiro atoms. The fourth-order valence-corrected chi connectivity index (χ4v) is 0. The van der Waals surface area contributed by atoms with Crippen LogP contribution in [0.15, 0.2) is 0 Å². The fourth-order valence-electron chi connectivity index (χ4n) is 0. The van der Waals surface area contributed by atoms with Crippen LogP contribution in [0.25, 0.3) is 0 Å². The van der Waals surface area contributed by atoms with Gasteiger partial charge in [-0.05, 0) is 0 Å². The van der Waals surface area contributed by atoms with Crippen molar-refractivity contribution in [3.8, 4) is 0 Å². The topological polar surface area (TPSA) is 150 Å². The third-order valence-corrected chi connectivity index (χ3v) is 0. The molecule has 0 saturated heterocycles. The first-order chi connectivity index (χ1) is 1.00. The zero-order chi connectivity index (χ0) is 2.00. The molecular weight excluding hydrogens is 235 g/mol. The average Bonchev–Trinajstić information content (AvgIpc) is 1.00. The second-order valence-electron chi connectivity index (χ2n) is 0. The zero-order valence-corrected chi connectivity index (χ0v) is 9.57. The van der Waals surface area contributed by atoms with Gasteiger partial charge in [0.2, 0.25) is 0 Å². The molecule has 0 aromatic carbocycles. The molecule has 0 heterocycles. The second kappa shape index (κ2) is 165. The first-order valence-corrected chi connectivity index (χ1v) is 1.79. The molecule has 0 rings (SSSR count). The second-order valence-corrected chi connectivity index (χ2v) is 0. The quantitative estimate of drug-likeness (QED) is 0.495. The molecule has 0 fully saturated rings. The molecule has 0 radical (unpaired) electrons. The van der Waals surface area contributed by atoms with Crippen molar-refractivity contribution in [1.82, 2.24) is 0 Å². The van der Waals surface area contributed by atoms with Crippen LogP contribution in [0.1, 0.15) is 0 Å². The molecule has 0 aromatic heterocycles. The van der Waals surface area contributed by atoms with Gasteiger partial charge < -0.3 is 27.4 Å². The van der Waals surface area contributed by atoms with Gasteiger partial charge in [0.1, 0.15) is 0 Å². The van der Waals surface area contributed by atoms with Crippen molar-refractivity contribution < 1.29 is 41.8 Å². The Morgan fingerprint density at radius 2 is 0.667 bits per heavy atom. The van der Waals surface area contributed by atoms with Crippen molar-refractivity contribution in [2.24, 2.45) is 0 Å². The van der Waals surface area contributed by atoms with Crippen LogP contribution in [0.4, 0.5) is 0 Å². The van der Waals surface area contributed by atoms with Gasteiger partial charge in [-0.15, -0.1) is 0 Å². The molecule has 0 saturated carbocycles. The van der Waals surface area contributed by atoms with Gasteiger partial charge in [0.15, 0.2) is 0 Å². The van der Waals surface area contributed by atoms with E-state index in [-0.39, 0.29) is 82.5 Å². The Labute approximate surface area is 106 Å². The monoisotopic (exact) mass is 240 g/mol. The van der Waals surface area contributed by atoms with Crippen molar-refractivity contribution in [2.45, 2.75) is 0 Å². The maximum absolute atomic E-state index is 3.83. The Bertz CT molecular complexity index is 16.9. The standard InChI is InChI=1S/Al.Ca.Fe.5H2O.S/h;;;5*1H2;/q+3;+2;;;;;;;/p-5. The van der Waals surface area contributed by atoms with Crippen LogP contribution in [0.5, 0.6) is 0 Å². The summed E-state index contributed by atoms with van der Waals surface area (Å²) < 4.78 is 0. The fraction of sp³-hybridized carbons (Fsp3) is 0. The van der Waals surface area contributed by atoms with E-state index in [1.807, 2.05) is 0 Å². The number of rotatable bonds is 0. The summed E-state index contributed by atoms with van der Waals surface area (Å²) in [6.07, 6.45) is 0. The van der Waals surface area contributed by atoms with Crippen LogP contribution >= 0.6 is 10.6 Å². The van der Waals surface area contributed by atoms with Gasteiger partial charge in [-0.3, -0.25) is 0 Å². The summed E-state index contributed by atoms with van der Waals surface area (Å²) in [6, 6.07) is 0. The van der Waals surface area contributed by atoms with Gasteiger partial charge in [-0.25, -0.2) is 0 Å². The van der Waals surface area contributed by atoms with Crippen LogP contribution < -0.4 is 0 Å². The Hall–Kier alpha value is 2.33. The SMILES string of the molecule is [Al+3].[Ca+2].[OH-].[OH-].[OH-].[OH-].[OH-].[S]=[Fe]. The van der Waals surface area contributed by atoms with Gasteiger partial charge in [-0.1, -0.05) is 0 Å². The first kappa shape index (κ1) is 109. The van der Waals surface area contributed by atoms with Crippen molar-refractivity contribution in [3.05, 3.63) is 0 Å². The molecule has 9 heavy (non-hydrogen) atoms. The van der Waals surface area contributed by atoms with Crippen molar-refractivity contribution in [3.63, 3.8) is 0 Å². The molecule has 0 aliphatic heterocycles. The molecule has 0 amide bonds. The van der Waals surface area contributed by atoms with E-state index in [1.165, 1.54) is 0 Å². The van der Waals surface area contributed by atoms with Crippen LogP contribution in [0.2, 0.25) is 0 Å². The normalized spacial score (nSPS) is 0.556. The predicted molar refractivity (Wildman–Crippen MR) is 28.8 cm³/mol. The number of hydrogen-bond donors (Lipinski definition) is 0. The van der Waals surface area contributed by atoms with E-state index < -0.39 is 0 Å². The minimum atomic E-state index is 0. The van der Waals surface area contributed by atoms with E-state index in [2.05, 4.69) is 24.9 Å². The van der Waals surface area contributed by atoms with Gasteiger partial charge in [-0.2, -0.15) is 0 Å². The average molecular weight is 240 g/mol.